The van der Waals surface area contributed by atoms with Crippen LogP contribution in [-0.4, -0.2) is 17.9 Å². The largest absolute Gasteiger partial charge is 0.397 e. The third-order valence-electron chi connectivity index (χ3n) is 2.56. The number of carbonyl (C=O) groups excluding carboxylic acids is 1. The number of pyridine rings is 1. The average molecular weight is 341 g/mol. The van der Waals surface area contributed by atoms with Gasteiger partial charge in [-0.05, 0) is 39.0 Å². The predicted octanol–water partition coefficient (Wildman–Crippen LogP) is 2.22. The Kier molecular flexibility index (Phi) is 4.06. The Morgan fingerprint density at radius 1 is 1.53 bits per heavy atom. The van der Waals surface area contributed by atoms with E-state index in [0.29, 0.717) is 23.6 Å². The first kappa shape index (κ1) is 13.8. The molecule has 19 heavy (non-hydrogen) atoms. The molecule has 0 saturated carbocycles. The van der Waals surface area contributed by atoms with Crippen LogP contribution in [0, 0.1) is 0 Å². The Balaban J connectivity index is 2.28. The number of amides is 1. The lowest BCUT2D eigenvalue weighted by atomic mass is 10.2. The van der Waals surface area contributed by atoms with Crippen LogP contribution in [0.3, 0.4) is 0 Å². The molecule has 2 aromatic rings. The van der Waals surface area contributed by atoms with E-state index in [1.807, 2.05) is 23.4 Å². The quantitative estimate of drug-likeness (QED) is 0.893. The van der Waals surface area contributed by atoms with Gasteiger partial charge in [-0.25, -0.2) is 4.98 Å². The molecular weight excluding hydrogens is 328 g/mol. The van der Waals surface area contributed by atoms with E-state index in [1.165, 1.54) is 6.20 Å². The Morgan fingerprint density at radius 3 is 2.84 bits per heavy atom. The molecule has 0 unspecified atom stereocenters. The summed E-state index contributed by atoms with van der Waals surface area (Å²) < 4.78 is 1.07. The molecule has 0 aliphatic rings. The fourth-order valence-corrected chi connectivity index (χ4v) is 2.94. The van der Waals surface area contributed by atoms with Crippen molar-refractivity contribution in [3.63, 3.8) is 0 Å². The molecule has 0 saturated heterocycles. The molecule has 0 atom stereocenters. The molecule has 0 aromatic carbocycles. The zero-order chi connectivity index (χ0) is 14.0. The highest BCUT2D eigenvalue weighted by atomic mass is 79.9. The lowest BCUT2D eigenvalue weighted by Crippen LogP contribution is -2.23. The van der Waals surface area contributed by atoms with Gasteiger partial charge in [-0.3, -0.25) is 4.79 Å². The van der Waals surface area contributed by atoms with Crippen LogP contribution in [0.2, 0.25) is 0 Å². The number of nitrogens with two attached hydrogens (primary N) is 2. The van der Waals surface area contributed by atoms with Crippen LogP contribution in [0.4, 0.5) is 11.5 Å². The van der Waals surface area contributed by atoms with E-state index in [4.69, 9.17) is 11.5 Å². The van der Waals surface area contributed by atoms with Crippen molar-refractivity contribution in [1.29, 1.82) is 0 Å². The second-order valence-electron chi connectivity index (χ2n) is 4.12. The first-order chi connectivity index (χ1) is 8.97. The molecule has 7 heteroatoms. The van der Waals surface area contributed by atoms with E-state index in [9.17, 15) is 4.79 Å². The van der Waals surface area contributed by atoms with Crippen LogP contribution in [-0.2, 0) is 6.54 Å². The number of thiophene rings is 1. The third-order valence-corrected chi connectivity index (χ3v) is 4.11. The molecule has 0 aliphatic carbocycles. The molecule has 5 nitrogen and oxygen atoms in total. The number of carbonyl (C=O) groups is 1. The highest BCUT2D eigenvalue weighted by molar-refractivity contribution is 9.11. The molecule has 0 radical (unpaired) electrons. The van der Waals surface area contributed by atoms with Gasteiger partial charge in [-0.2, -0.15) is 0 Å². The molecule has 1 amide bonds. The predicted molar refractivity (Wildman–Crippen MR) is 81.3 cm³/mol. The number of anilines is 2. The highest BCUT2D eigenvalue weighted by Crippen LogP contribution is 2.24. The van der Waals surface area contributed by atoms with Gasteiger partial charge in [0.05, 0.1) is 21.2 Å². The average Bonchev–Trinajstić information content (AvgIpc) is 2.74. The van der Waals surface area contributed by atoms with Gasteiger partial charge in [0, 0.05) is 13.6 Å². The van der Waals surface area contributed by atoms with Gasteiger partial charge in [-0.15, -0.1) is 11.3 Å². The van der Waals surface area contributed by atoms with Crippen molar-refractivity contribution in [2.75, 3.05) is 17.7 Å². The molecule has 4 N–H and O–H groups in total. The van der Waals surface area contributed by atoms with Gasteiger partial charge in [0.1, 0.15) is 5.82 Å². The van der Waals surface area contributed by atoms with Crippen molar-refractivity contribution in [3.05, 3.63) is 38.6 Å². The molecule has 2 aromatic heterocycles. The van der Waals surface area contributed by atoms with Crippen molar-refractivity contribution in [3.8, 4) is 0 Å². The number of hydrogen-bond donors (Lipinski definition) is 2. The number of primary amides is 1. The van der Waals surface area contributed by atoms with Crippen molar-refractivity contribution < 1.29 is 4.79 Å². The second kappa shape index (κ2) is 5.58. The monoisotopic (exact) mass is 340 g/mol. The minimum absolute atomic E-state index is 0.330. The van der Waals surface area contributed by atoms with Crippen LogP contribution >= 0.6 is 27.3 Å². The van der Waals surface area contributed by atoms with Gasteiger partial charge >= 0.3 is 0 Å². The molecular formula is C12H13BrN4OS. The van der Waals surface area contributed by atoms with Gasteiger partial charge in [-0.1, -0.05) is 0 Å². The fourth-order valence-electron chi connectivity index (χ4n) is 1.74. The minimum Gasteiger partial charge on any atom is -0.397 e. The molecule has 2 rings (SSSR count). The van der Waals surface area contributed by atoms with Crippen LogP contribution < -0.4 is 16.4 Å². The summed E-state index contributed by atoms with van der Waals surface area (Å²) in [5.74, 6) is -0.00262. The standard InChI is InChI=1S/C12H13BrN4OS/c1-17(5-7-2-10(13)19-6-7)12-9(11(15)18)3-8(14)4-16-12/h2-4,6H,5,14H2,1H3,(H2,15,18). The van der Waals surface area contributed by atoms with Crippen LogP contribution in [0.15, 0.2) is 27.5 Å². The first-order valence-corrected chi connectivity index (χ1v) is 7.14. The second-order valence-corrected chi connectivity index (χ2v) is 6.41. The van der Waals surface area contributed by atoms with Crippen LogP contribution in [0.5, 0.6) is 0 Å². The fraction of sp³-hybridized carbons (Fsp3) is 0.167. The lowest BCUT2D eigenvalue weighted by Gasteiger charge is -2.19. The topological polar surface area (TPSA) is 85.2 Å². The zero-order valence-electron chi connectivity index (χ0n) is 10.3. The Morgan fingerprint density at radius 2 is 2.26 bits per heavy atom. The maximum Gasteiger partial charge on any atom is 0.252 e. The summed E-state index contributed by atoms with van der Waals surface area (Å²) in [4.78, 5) is 17.5. The summed E-state index contributed by atoms with van der Waals surface area (Å²) in [6.45, 7) is 0.638. The van der Waals surface area contributed by atoms with Crippen LogP contribution in [0.25, 0.3) is 0 Å². The van der Waals surface area contributed by atoms with Gasteiger partial charge in [0.25, 0.3) is 5.91 Å². The summed E-state index contributed by atoms with van der Waals surface area (Å²) in [6, 6.07) is 3.58. The van der Waals surface area contributed by atoms with E-state index in [-0.39, 0.29) is 0 Å². The minimum atomic E-state index is -0.534. The normalized spacial score (nSPS) is 10.4. The number of hydrogen-bond acceptors (Lipinski definition) is 5. The number of nitrogens with zero attached hydrogens (tertiary/aromatic N) is 2. The third kappa shape index (κ3) is 3.24. The number of aromatic nitrogens is 1. The van der Waals surface area contributed by atoms with Crippen molar-refractivity contribution in [2.45, 2.75) is 6.54 Å². The van der Waals surface area contributed by atoms with Crippen LogP contribution in [0.1, 0.15) is 15.9 Å². The highest BCUT2D eigenvalue weighted by Gasteiger charge is 2.14. The zero-order valence-corrected chi connectivity index (χ0v) is 12.7. The molecule has 0 spiro atoms. The van der Waals surface area contributed by atoms with E-state index in [2.05, 4.69) is 20.9 Å². The van der Waals surface area contributed by atoms with Gasteiger partial charge in [0.2, 0.25) is 0 Å². The number of halogens is 1. The molecule has 0 fully saturated rings. The summed E-state index contributed by atoms with van der Waals surface area (Å²) in [5, 5.41) is 2.04. The van der Waals surface area contributed by atoms with Gasteiger partial charge in [0.15, 0.2) is 0 Å². The summed E-state index contributed by atoms with van der Waals surface area (Å²) >= 11 is 5.03. The Labute approximate surface area is 123 Å². The van der Waals surface area contributed by atoms with Crippen molar-refractivity contribution in [2.24, 2.45) is 5.73 Å². The Hall–Kier alpha value is -1.60. The first-order valence-electron chi connectivity index (χ1n) is 5.46. The maximum atomic E-state index is 11.4. The van der Waals surface area contributed by atoms with Crippen molar-refractivity contribution >= 4 is 44.7 Å². The summed E-state index contributed by atoms with van der Waals surface area (Å²) in [5.41, 5.74) is 12.9. The summed E-state index contributed by atoms with van der Waals surface area (Å²) in [7, 11) is 1.86. The van der Waals surface area contributed by atoms with Crippen molar-refractivity contribution in [1.82, 2.24) is 4.98 Å². The SMILES string of the molecule is CN(Cc1csc(Br)c1)c1ncc(N)cc1C(N)=O. The molecule has 0 aliphatic heterocycles. The number of rotatable bonds is 4. The van der Waals surface area contributed by atoms with E-state index in [1.54, 1.807) is 17.4 Å². The van der Waals surface area contributed by atoms with E-state index < -0.39 is 5.91 Å². The lowest BCUT2D eigenvalue weighted by molar-refractivity contribution is 0.100. The summed E-state index contributed by atoms with van der Waals surface area (Å²) in [6.07, 6.45) is 1.52. The number of nitrogen functional groups attached to an aromatic ring is 1. The van der Waals surface area contributed by atoms with E-state index in [0.717, 1.165) is 9.35 Å². The van der Waals surface area contributed by atoms with E-state index >= 15 is 0 Å². The molecule has 2 heterocycles. The van der Waals surface area contributed by atoms with Gasteiger partial charge < -0.3 is 16.4 Å². The maximum absolute atomic E-state index is 11.4. The molecule has 100 valence electrons. The molecule has 0 bridgehead atoms. The Bertz CT molecular complexity index is 614. The smallest absolute Gasteiger partial charge is 0.252 e.